The molecule has 0 saturated heterocycles. The van der Waals surface area contributed by atoms with Gasteiger partial charge < -0.3 is 10.5 Å². The number of hydrogen-bond donors (Lipinski definition) is 1. The second-order valence-corrected chi connectivity index (χ2v) is 4.77. The van der Waals surface area contributed by atoms with Crippen molar-refractivity contribution in [1.29, 1.82) is 0 Å². The Hall–Kier alpha value is -1.82. The van der Waals surface area contributed by atoms with Crippen molar-refractivity contribution in [3.05, 3.63) is 46.1 Å². The largest absolute Gasteiger partial charge is 0.462 e. The number of anilines is 1. The molecule has 0 amide bonds. The van der Waals surface area contributed by atoms with Gasteiger partial charge in [-0.2, -0.15) is 5.10 Å². The van der Waals surface area contributed by atoms with Gasteiger partial charge in [0.15, 0.2) is 0 Å². The minimum absolute atomic E-state index is 0.300. The smallest absolute Gasteiger partial charge is 0.343 e. The number of benzene rings is 1. The maximum Gasteiger partial charge on any atom is 0.343 e. The third-order valence-electron chi connectivity index (χ3n) is 2.65. The number of rotatable bonds is 4. The molecule has 1 aromatic carbocycles. The molecule has 100 valence electrons. The van der Waals surface area contributed by atoms with E-state index in [0.29, 0.717) is 24.5 Å². The van der Waals surface area contributed by atoms with Crippen molar-refractivity contribution in [3.63, 3.8) is 0 Å². The number of carbonyl (C=O) groups is 1. The van der Waals surface area contributed by atoms with Gasteiger partial charge in [-0.15, -0.1) is 0 Å². The van der Waals surface area contributed by atoms with Gasteiger partial charge in [-0.3, -0.25) is 0 Å². The first-order chi connectivity index (χ1) is 9.13. The van der Waals surface area contributed by atoms with Crippen LogP contribution in [0.15, 0.2) is 34.9 Å². The van der Waals surface area contributed by atoms with E-state index in [-0.39, 0.29) is 0 Å². The molecule has 0 bridgehead atoms. The Kier molecular flexibility index (Phi) is 4.21. The Morgan fingerprint density at radius 2 is 2.21 bits per heavy atom. The topological polar surface area (TPSA) is 70.1 Å². The summed E-state index contributed by atoms with van der Waals surface area (Å²) in [7, 11) is 0. The first kappa shape index (κ1) is 13.6. The molecular weight excluding hydrogens is 310 g/mol. The molecule has 0 saturated carbocycles. The van der Waals surface area contributed by atoms with Crippen LogP contribution in [0.25, 0.3) is 0 Å². The molecule has 0 fully saturated rings. The van der Waals surface area contributed by atoms with Crippen molar-refractivity contribution in [1.82, 2.24) is 9.78 Å². The van der Waals surface area contributed by atoms with Gasteiger partial charge in [0, 0.05) is 4.47 Å². The molecule has 0 aliphatic carbocycles. The Morgan fingerprint density at radius 1 is 1.47 bits per heavy atom. The number of aromatic nitrogens is 2. The van der Waals surface area contributed by atoms with Gasteiger partial charge in [0.25, 0.3) is 0 Å². The van der Waals surface area contributed by atoms with Crippen LogP contribution in [-0.4, -0.2) is 22.4 Å². The van der Waals surface area contributed by atoms with Crippen molar-refractivity contribution < 1.29 is 9.53 Å². The molecule has 0 aliphatic rings. The van der Waals surface area contributed by atoms with Crippen molar-refractivity contribution in [2.24, 2.45) is 0 Å². The summed E-state index contributed by atoms with van der Waals surface area (Å²) in [6.45, 7) is 2.56. The van der Waals surface area contributed by atoms with E-state index < -0.39 is 5.97 Å². The van der Waals surface area contributed by atoms with E-state index in [0.717, 1.165) is 10.0 Å². The third-order valence-corrected chi connectivity index (χ3v) is 3.43. The lowest BCUT2D eigenvalue weighted by Gasteiger charge is -2.07. The summed E-state index contributed by atoms with van der Waals surface area (Å²) in [4.78, 5) is 11.6. The molecule has 1 heterocycles. The van der Waals surface area contributed by atoms with E-state index >= 15 is 0 Å². The summed E-state index contributed by atoms with van der Waals surface area (Å²) in [6.07, 6.45) is 1.43. The van der Waals surface area contributed by atoms with E-state index in [9.17, 15) is 4.79 Å². The normalized spacial score (nSPS) is 10.4. The Balaban J connectivity index is 2.23. The van der Waals surface area contributed by atoms with Crippen molar-refractivity contribution in [3.8, 4) is 0 Å². The second kappa shape index (κ2) is 5.88. The zero-order valence-electron chi connectivity index (χ0n) is 10.5. The van der Waals surface area contributed by atoms with Gasteiger partial charge in [-0.05, 0) is 18.6 Å². The lowest BCUT2D eigenvalue weighted by Crippen LogP contribution is -2.10. The minimum atomic E-state index is -0.446. The molecule has 0 spiro atoms. The van der Waals surface area contributed by atoms with Crippen LogP contribution in [0, 0.1) is 0 Å². The number of ether oxygens (including phenoxy) is 1. The van der Waals surface area contributed by atoms with Crippen molar-refractivity contribution in [2.75, 3.05) is 12.3 Å². The molecule has 2 rings (SSSR count). The van der Waals surface area contributed by atoms with Gasteiger partial charge in [0.1, 0.15) is 11.4 Å². The first-order valence-corrected chi connectivity index (χ1v) is 6.64. The lowest BCUT2D eigenvalue weighted by atomic mass is 10.2. The molecular formula is C13H14BrN3O2. The fraction of sp³-hybridized carbons (Fsp3) is 0.231. The third kappa shape index (κ3) is 2.96. The standard InChI is InChI=1S/C13H14BrN3O2/c1-2-19-13(18)10-7-16-17(12(10)15)8-9-5-3-4-6-11(9)14/h3-7H,2,8,15H2,1H3. The van der Waals surface area contributed by atoms with Crippen LogP contribution in [-0.2, 0) is 11.3 Å². The molecule has 0 aliphatic heterocycles. The number of esters is 1. The van der Waals surface area contributed by atoms with Crippen LogP contribution in [0.1, 0.15) is 22.8 Å². The zero-order chi connectivity index (χ0) is 13.8. The Labute approximate surface area is 119 Å². The van der Waals surface area contributed by atoms with Crippen LogP contribution in [0.4, 0.5) is 5.82 Å². The van der Waals surface area contributed by atoms with E-state index in [4.69, 9.17) is 10.5 Å². The van der Waals surface area contributed by atoms with Gasteiger partial charge in [0.05, 0.1) is 19.3 Å². The van der Waals surface area contributed by atoms with E-state index in [1.807, 2.05) is 24.3 Å². The number of halogens is 1. The van der Waals surface area contributed by atoms with Gasteiger partial charge >= 0.3 is 5.97 Å². The zero-order valence-corrected chi connectivity index (χ0v) is 12.1. The summed E-state index contributed by atoms with van der Waals surface area (Å²) in [5.74, 6) is -0.132. The maximum absolute atomic E-state index is 11.6. The van der Waals surface area contributed by atoms with Gasteiger partial charge in [-0.1, -0.05) is 34.1 Å². The highest BCUT2D eigenvalue weighted by atomic mass is 79.9. The number of carbonyl (C=O) groups excluding carboxylic acids is 1. The molecule has 2 aromatic rings. The van der Waals surface area contributed by atoms with Crippen LogP contribution in [0.5, 0.6) is 0 Å². The Bertz CT molecular complexity index is 595. The minimum Gasteiger partial charge on any atom is -0.462 e. The monoisotopic (exact) mass is 323 g/mol. The summed E-state index contributed by atoms with van der Waals surface area (Å²) < 4.78 is 7.46. The first-order valence-electron chi connectivity index (χ1n) is 5.85. The number of hydrogen-bond acceptors (Lipinski definition) is 4. The SMILES string of the molecule is CCOC(=O)c1cnn(Cc2ccccc2Br)c1N. The fourth-order valence-electron chi connectivity index (χ4n) is 1.67. The lowest BCUT2D eigenvalue weighted by molar-refractivity contribution is 0.0527. The van der Waals surface area contributed by atoms with Crippen LogP contribution in [0.2, 0.25) is 0 Å². The van der Waals surface area contributed by atoms with Crippen LogP contribution in [0.3, 0.4) is 0 Å². The number of nitrogens with zero attached hydrogens (tertiary/aromatic N) is 2. The Morgan fingerprint density at radius 3 is 2.89 bits per heavy atom. The van der Waals surface area contributed by atoms with E-state index in [2.05, 4.69) is 21.0 Å². The average molecular weight is 324 g/mol. The summed E-state index contributed by atoms with van der Waals surface area (Å²) in [5, 5.41) is 4.13. The quantitative estimate of drug-likeness (QED) is 0.877. The summed E-state index contributed by atoms with van der Waals surface area (Å²) in [6, 6.07) is 7.78. The maximum atomic E-state index is 11.6. The molecule has 1 aromatic heterocycles. The molecule has 0 unspecified atom stereocenters. The molecule has 2 N–H and O–H groups in total. The number of nitrogen functional groups attached to an aromatic ring is 1. The number of nitrogens with two attached hydrogens (primary N) is 1. The highest BCUT2D eigenvalue weighted by Gasteiger charge is 2.16. The molecule has 0 atom stereocenters. The van der Waals surface area contributed by atoms with E-state index in [1.54, 1.807) is 11.6 Å². The van der Waals surface area contributed by atoms with E-state index in [1.165, 1.54) is 6.20 Å². The van der Waals surface area contributed by atoms with Gasteiger partial charge in [-0.25, -0.2) is 9.48 Å². The van der Waals surface area contributed by atoms with Gasteiger partial charge in [0.2, 0.25) is 0 Å². The van der Waals surface area contributed by atoms with Crippen molar-refractivity contribution >= 4 is 27.7 Å². The highest BCUT2D eigenvalue weighted by molar-refractivity contribution is 9.10. The van der Waals surface area contributed by atoms with Crippen LogP contribution < -0.4 is 5.73 Å². The van der Waals surface area contributed by atoms with Crippen molar-refractivity contribution in [2.45, 2.75) is 13.5 Å². The summed E-state index contributed by atoms with van der Waals surface area (Å²) >= 11 is 3.47. The predicted octanol–water partition coefficient (Wildman–Crippen LogP) is 2.45. The molecule has 6 heteroatoms. The fourth-order valence-corrected chi connectivity index (χ4v) is 2.09. The predicted molar refractivity (Wildman–Crippen MR) is 75.8 cm³/mol. The average Bonchev–Trinajstić information content (AvgIpc) is 2.74. The molecule has 5 nitrogen and oxygen atoms in total. The molecule has 0 radical (unpaired) electrons. The van der Waals surface area contributed by atoms with Crippen LogP contribution >= 0.6 is 15.9 Å². The molecule has 19 heavy (non-hydrogen) atoms. The summed E-state index contributed by atoms with van der Waals surface area (Å²) in [5.41, 5.74) is 7.25. The second-order valence-electron chi connectivity index (χ2n) is 3.91. The highest BCUT2D eigenvalue weighted by Crippen LogP contribution is 2.19.